The molecule has 0 aliphatic carbocycles. The van der Waals surface area contributed by atoms with Gasteiger partial charge in [-0.15, -0.1) is 0 Å². The first-order chi connectivity index (χ1) is 13.7. The first-order valence-corrected chi connectivity index (χ1v) is 9.38. The summed E-state index contributed by atoms with van der Waals surface area (Å²) in [6.07, 6.45) is 0.950. The highest BCUT2D eigenvalue weighted by atomic mass is 16.5. The standard InChI is InChI=1S/C22H23N3O3/c1-28-21(26)19-18(14-25-12-11-15-7-5-6-10-17(15)13-25)23-22(27)24-20(19)16-8-3-2-4-9-16/h2-10,20H,11-14H2,1H3,(H2,23,24,27)/t20-/m0/s1. The molecule has 2 amide bonds. The molecule has 0 saturated heterocycles. The molecule has 2 aromatic rings. The predicted octanol–water partition coefficient (Wildman–Crippen LogP) is 2.53. The Balaban J connectivity index is 1.66. The molecule has 2 aliphatic rings. The molecule has 144 valence electrons. The number of esters is 1. The van der Waals surface area contributed by atoms with Gasteiger partial charge in [0.15, 0.2) is 0 Å². The van der Waals surface area contributed by atoms with Crippen molar-refractivity contribution in [2.75, 3.05) is 20.2 Å². The van der Waals surface area contributed by atoms with Crippen molar-refractivity contribution in [1.82, 2.24) is 15.5 Å². The monoisotopic (exact) mass is 377 g/mol. The highest BCUT2D eigenvalue weighted by molar-refractivity contribution is 5.95. The number of benzene rings is 2. The maximum atomic E-state index is 12.6. The van der Waals surface area contributed by atoms with Gasteiger partial charge in [-0.2, -0.15) is 0 Å². The number of methoxy groups -OCH3 is 1. The Bertz CT molecular complexity index is 924. The third-order valence-corrected chi connectivity index (χ3v) is 5.28. The zero-order chi connectivity index (χ0) is 19.5. The molecule has 6 heteroatoms. The summed E-state index contributed by atoms with van der Waals surface area (Å²) in [4.78, 5) is 27.2. The molecular weight excluding hydrogens is 354 g/mol. The van der Waals surface area contributed by atoms with Crippen LogP contribution in [0.3, 0.4) is 0 Å². The van der Waals surface area contributed by atoms with Gasteiger partial charge in [-0.05, 0) is 23.1 Å². The number of nitrogens with zero attached hydrogens (tertiary/aromatic N) is 1. The van der Waals surface area contributed by atoms with E-state index in [1.165, 1.54) is 18.2 Å². The molecule has 4 rings (SSSR count). The second-order valence-electron chi connectivity index (χ2n) is 7.06. The molecular formula is C22H23N3O3. The average molecular weight is 377 g/mol. The summed E-state index contributed by atoms with van der Waals surface area (Å²) in [6, 6.07) is 17.0. The van der Waals surface area contributed by atoms with Crippen molar-refractivity contribution in [2.45, 2.75) is 19.0 Å². The van der Waals surface area contributed by atoms with E-state index >= 15 is 0 Å². The van der Waals surface area contributed by atoms with Gasteiger partial charge in [0.1, 0.15) is 0 Å². The van der Waals surface area contributed by atoms with Crippen LogP contribution in [0.4, 0.5) is 4.79 Å². The topological polar surface area (TPSA) is 70.7 Å². The lowest BCUT2D eigenvalue weighted by molar-refractivity contribution is -0.136. The molecule has 2 aromatic carbocycles. The third-order valence-electron chi connectivity index (χ3n) is 5.28. The van der Waals surface area contributed by atoms with Crippen LogP contribution in [-0.4, -0.2) is 37.1 Å². The van der Waals surface area contributed by atoms with E-state index in [0.29, 0.717) is 17.8 Å². The second kappa shape index (κ2) is 7.86. The van der Waals surface area contributed by atoms with Gasteiger partial charge in [0, 0.05) is 25.3 Å². The molecule has 0 fully saturated rings. The number of ether oxygens (including phenoxy) is 1. The molecule has 6 nitrogen and oxygen atoms in total. The fourth-order valence-corrected chi connectivity index (χ4v) is 3.90. The van der Waals surface area contributed by atoms with E-state index in [2.05, 4.69) is 33.7 Å². The fourth-order valence-electron chi connectivity index (χ4n) is 3.90. The summed E-state index contributed by atoms with van der Waals surface area (Å²) in [5.41, 5.74) is 4.54. The largest absolute Gasteiger partial charge is 0.466 e. The van der Waals surface area contributed by atoms with Gasteiger partial charge in [-0.1, -0.05) is 54.6 Å². The molecule has 0 radical (unpaired) electrons. The van der Waals surface area contributed by atoms with Crippen LogP contribution in [0.15, 0.2) is 65.9 Å². The lowest BCUT2D eigenvalue weighted by Crippen LogP contribution is -2.48. The Morgan fingerprint density at radius 1 is 1.11 bits per heavy atom. The summed E-state index contributed by atoms with van der Waals surface area (Å²) < 4.78 is 5.05. The zero-order valence-corrected chi connectivity index (χ0v) is 15.8. The molecule has 28 heavy (non-hydrogen) atoms. The second-order valence-corrected chi connectivity index (χ2v) is 7.06. The fraction of sp³-hybridized carbons (Fsp3) is 0.273. The number of carbonyl (C=O) groups excluding carboxylic acids is 2. The SMILES string of the molecule is COC(=O)C1=C(CN2CCc3ccccc3C2)NC(=O)N[C@H]1c1ccccc1. The van der Waals surface area contributed by atoms with Crippen LogP contribution in [0, 0.1) is 0 Å². The number of fused-ring (bicyclic) bond motifs is 1. The molecule has 2 N–H and O–H groups in total. The summed E-state index contributed by atoms with van der Waals surface area (Å²) in [7, 11) is 1.36. The van der Waals surface area contributed by atoms with Crippen molar-refractivity contribution in [3.63, 3.8) is 0 Å². The first kappa shape index (κ1) is 18.3. The van der Waals surface area contributed by atoms with Gasteiger partial charge in [-0.25, -0.2) is 9.59 Å². The van der Waals surface area contributed by atoms with E-state index in [9.17, 15) is 9.59 Å². The lowest BCUT2D eigenvalue weighted by Gasteiger charge is -2.34. The summed E-state index contributed by atoms with van der Waals surface area (Å²) in [5, 5.41) is 5.69. The molecule has 0 aromatic heterocycles. The summed E-state index contributed by atoms with van der Waals surface area (Å²) in [6.45, 7) is 2.14. The minimum Gasteiger partial charge on any atom is -0.466 e. The van der Waals surface area contributed by atoms with Crippen molar-refractivity contribution in [3.8, 4) is 0 Å². The van der Waals surface area contributed by atoms with E-state index in [0.717, 1.165) is 25.1 Å². The number of hydrogen-bond donors (Lipinski definition) is 2. The van der Waals surface area contributed by atoms with E-state index in [1.54, 1.807) is 0 Å². The van der Waals surface area contributed by atoms with Crippen LogP contribution in [0.25, 0.3) is 0 Å². The van der Waals surface area contributed by atoms with Gasteiger partial charge >= 0.3 is 12.0 Å². The van der Waals surface area contributed by atoms with E-state index < -0.39 is 12.0 Å². The Morgan fingerprint density at radius 3 is 2.57 bits per heavy atom. The van der Waals surface area contributed by atoms with Crippen LogP contribution in [0.2, 0.25) is 0 Å². The first-order valence-electron chi connectivity index (χ1n) is 9.38. The number of carbonyl (C=O) groups is 2. The molecule has 0 saturated carbocycles. The van der Waals surface area contributed by atoms with E-state index in [1.807, 2.05) is 36.4 Å². The Labute approximate surface area is 164 Å². The summed E-state index contributed by atoms with van der Waals surface area (Å²) >= 11 is 0. The zero-order valence-electron chi connectivity index (χ0n) is 15.8. The van der Waals surface area contributed by atoms with Crippen molar-refractivity contribution in [2.24, 2.45) is 0 Å². The lowest BCUT2D eigenvalue weighted by atomic mass is 9.94. The number of rotatable bonds is 4. The van der Waals surface area contributed by atoms with Gasteiger partial charge in [-0.3, -0.25) is 4.90 Å². The third kappa shape index (κ3) is 3.64. The highest BCUT2D eigenvalue weighted by Crippen LogP contribution is 2.29. The van der Waals surface area contributed by atoms with E-state index in [-0.39, 0.29) is 6.03 Å². The van der Waals surface area contributed by atoms with Crippen molar-refractivity contribution < 1.29 is 14.3 Å². The number of urea groups is 1. The molecule has 0 bridgehead atoms. The molecule has 2 aliphatic heterocycles. The Kier molecular flexibility index (Phi) is 5.12. The predicted molar refractivity (Wildman–Crippen MR) is 105 cm³/mol. The van der Waals surface area contributed by atoms with Gasteiger partial charge in [0.2, 0.25) is 0 Å². The van der Waals surface area contributed by atoms with Crippen LogP contribution >= 0.6 is 0 Å². The highest BCUT2D eigenvalue weighted by Gasteiger charge is 2.34. The van der Waals surface area contributed by atoms with Gasteiger partial charge < -0.3 is 15.4 Å². The maximum absolute atomic E-state index is 12.6. The van der Waals surface area contributed by atoms with Crippen LogP contribution < -0.4 is 10.6 Å². The van der Waals surface area contributed by atoms with Crippen LogP contribution in [-0.2, 0) is 22.5 Å². The molecule has 0 unspecified atom stereocenters. The minimum atomic E-state index is -0.533. The average Bonchev–Trinajstić information content (AvgIpc) is 2.73. The Hall–Kier alpha value is -3.12. The Morgan fingerprint density at radius 2 is 1.82 bits per heavy atom. The number of amides is 2. The van der Waals surface area contributed by atoms with Gasteiger partial charge in [0.05, 0.1) is 18.7 Å². The van der Waals surface area contributed by atoms with Crippen molar-refractivity contribution in [3.05, 3.63) is 82.6 Å². The van der Waals surface area contributed by atoms with Crippen LogP contribution in [0.1, 0.15) is 22.7 Å². The quantitative estimate of drug-likeness (QED) is 0.804. The van der Waals surface area contributed by atoms with Crippen LogP contribution in [0.5, 0.6) is 0 Å². The minimum absolute atomic E-state index is 0.311. The number of nitrogens with one attached hydrogen (secondary N) is 2. The van der Waals surface area contributed by atoms with Crippen molar-refractivity contribution >= 4 is 12.0 Å². The van der Waals surface area contributed by atoms with Gasteiger partial charge in [0.25, 0.3) is 0 Å². The molecule has 0 spiro atoms. The summed E-state index contributed by atoms with van der Waals surface area (Å²) in [5.74, 6) is -0.436. The maximum Gasteiger partial charge on any atom is 0.338 e. The molecule has 1 atom stereocenters. The molecule has 2 heterocycles. The number of hydrogen-bond acceptors (Lipinski definition) is 4. The normalized spacial score (nSPS) is 19.5. The van der Waals surface area contributed by atoms with Crippen molar-refractivity contribution in [1.29, 1.82) is 0 Å². The van der Waals surface area contributed by atoms with E-state index in [4.69, 9.17) is 4.74 Å². The smallest absolute Gasteiger partial charge is 0.338 e.